The van der Waals surface area contributed by atoms with E-state index < -0.39 is 0 Å². The number of amides is 1. The third-order valence-corrected chi connectivity index (χ3v) is 5.18. The number of anilines is 1. The van der Waals surface area contributed by atoms with Crippen molar-refractivity contribution in [1.29, 1.82) is 0 Å². The Morgan fingerprint density at radius 1 is 1.25 bits per heavy atom. The van der Waals surface area contributed by atoms with Gasteiger partial charge < -0.3 is 15.0 Å². The van der Waals surface area contributed by atoms with Crippen LogP contribution >= 0.6 is 0 Å². The van der Waals surface area contributed by atoms with Crippen LogP contribution in [-0.2, 0) is 22.5 Å². The van der Waals surface area contributed by atoms with E-state index >= 15 is 0 Å². The monoisotopic (exact) mass is 382 g/mol. The highest BCUT2D eigenvalue weighted by Crippen LogP contribution is 2.28. The smallest absolute Gasteiger partial charge is 0.223 e. The van der Waals surface area contributed by atoms with Gasteiger partial charge in [0.25, 0.3) is 0 Å². The Bertz CT molecular complexity index is 779. The van der Waals surface area contributed by atoms with Crippen molar-refractivity contribution in [3.05, 3.63) is 54.0 Å². The van der Waals surface area contributed by atoms with E-state index in [4.69, 9.17) is 4.74 Å². The van der Waals surface area contributed by atoms with Crippen molar-refractivity contribution in [2.75, 3.05) is 25.1 Å². The van der Waals surface area contributed by atoms with E-state index in [9.17, 15) is 4.79 Å². The zero-order chi connectivity index (χ0) is 20.0. The largest absolute Gasteiger partial charge is 0.376 e. The van der Waals surface area contributed by atoms with Crippen molar-refractivity contribution < 1.29 is 9.53 Å². The molecule has 0 aliphatic carbocycles. The van der Waals surface area contributed by atoms with Gasteiger partial charge in [-0.1, -0.05) is 12.1 Å². The van der Waals surface area contributed by atoms with Gasteiger partial charge >= 0.3 is 0 Å². The van der Waals surface area contributed by atoms with Crippen molar-refractivity contribution >= 4 is 11.7 Å². The third-order valence-electron chi connectivity index (χ3n) is 5.18. The number of pyridine rings is 2. The lowest BCUT2D eigenvalue weighted by Crippen LogP contribution is -2.41. The molecule has 1 saturated heterocycles. The van der Waals surface area contributed by atoms with Gasteiger partial charge in [0.05, 0.1) is 5.60 Å². The lowest BCUT2D eigenvalue weighted by molar-refractivity contribution is -0.135. The maximum atomic E-state index is 12.6. The van der Waals surface area contributed by atoms with Crippen LogP contribution in [0.1, 0.15) is 37.9 Å². The number of carbonyl (C=O) groups excluding carboxylic acids is 1. The Labute approximate surface area is 167 Å². The highest BCUT2D eigenvalue weighted by Gasteiger charge is 2.32. The van der Waals surface area contributed by atoms with Gasteiger partial charge in [-0.25, -0.2) is 4.98 Å². The fraction of sp³-hybridized carbons (Fsp3) is 0.500. The zero-order valence-electron chi connectivity index (χ0n) is 17.0. The molecule has 0 spiro atoms. The molecule has 0 saturated carbocycles. The Kier molecular flexibility index (Phi) is 6.62. The van der Waals surface area contributed by atoms with Crippen LogP contribution in [0.25, 0.3) is 0 Å². The number of nitrogens with zero attached hydrogens (tertiary/aromatic N) is 3. The normalized spacial score (nSPS) is 18.5. The highest BCUT2D eigenvalue weighted by atomic mass is 16.5. The number of hydrogen-bond acceptors (Lipinski definition) is 5. The molecule has 1 aliphatic heterocycles. The summed E-state index contributed by atoms with van der Waals surface area (Å²) in [7, 11) is 2.03. The van der Waals surface area contributed by atoms with Crippen molar-refractivity contribution in [3.8, 4) is 0 Å². The minimum atomic E-state index is -0.231. The van der Waals surface area contributed by atoms with Crippen molar-refractivity contribution in [2.45, 2.75) is 45.3 Å². The molecule has 0 aromatic carbocycles. The van der Waals surface area contributed by atoms with E-state index in [1.165, 1.54) is 0 Å². The lowest BCUT2D eigenvalue weighted by Gasteiger charge is -2.34. The lowest BCUT2D eigenvalue weighted by atomic mass is 9.88. The van der Waals surface area contributed by atoms with Crippen LogP contribution in [-0.4, -0.2) is 41.7 Å². The number of rotatable bonds is 7. The molecule has 1 aliphatic rings. The Hall–Kier alpha value is -2.47. The molecule has 6 nitrogen and oxygen atoms in total. The van der Waals surface area contributed by atoms with Gasteiger partial charge in [-0.15, -0.1) is 0 Å². The minimum absolute atomic E-state index is 0.00533. The standard InChI is InChI=1S/C22H30N4O2/c1-22(2)15-17(10-14-28-22)21(27)25-16-18-7-6-12-24-20(18)26(3)13-9-19-8-4-5-11-23-19/h4-8,11-12,17H,9-10,13-16H2,1-3H3,(H,25,27)/t17-/m1/s1. The molecule has 1 atom stereocenters. The zero-order valence-corrected chi connectivity index (χ0v) is 17.0. The van der Waals surface area contributed by atoms with E-state index in [1.54, 1.807) is 6.20 Å². The average molecular weight is 383 g/mol. The van der Waals surface area contributed by atoms with E-state index in [2.05, 4.69) is 20.2 Å². The first kappa shape index (κ1) is 20.3. The highest BCUT2D eigenvalue weighted by molar-refractivity contribution is 5.79. The van der Waals surface area contributed by atoms with E-state index in [-0.39, 0.29) is 17.4 Å². The Morgan fingerprint density at radius 3 is 2.82 bits per heavy atom. The molecule has 3 heterocycles. The van der Waals surface area contributed by atoms with Crippen LogP contribution in [0.15, 0.2) is 42.7 Å². The molecule has 1 N–H and O–H groups in total. The summed E-state index contributed by atoms with van der Waals surface area (Å²) < 4.78 is 5.72. The molecular weight excluding hydrogens is 352 g/mol. The van der Waals surface area contributed by atoms with E-state index in [1.807, 2.05) is 57.4 Å². The topological polar surface area (TPSA) is 67.4 Å². The minimum Gasteiger partial charge on any atom is -0.376 e. The number of likely N-dealkylation sites (N-methyl/N-ethyl adjacent to an activating group) is 1. The van der Waals surface area contributed by atoms with E-state index in [0.717, 1.165) is 42.9 Å². The van der Waals surface area contributed by atoms with Crippen molar-refractivity contribution in [1.82, 2.24) is 15.3 Å². The molecule has 1 amide bonds. The van der Waals surface area contributed by atoms with Gasteiger partial charge in [-0.05, 0) is 44.9 Å². The first-order valence-electron chi connectivity index (χ1n) is 9.91. The molecule has 150 valence electrons. The van der Waals surface area contributed by atoms with E-state index in [0.29, 0.717) is 13.2 Å². The molecule has 0 radical (unpaired) electrons. The van der Waals surface area contributed by atoms with Gasteiger partial charge in [0.15, 0.2) is 0 Å². The van der Waals surface area contributed by atoms with Crippen LogP contribution < -0.4 is 10.2 Å². The molecule has 6 heteroatoms. The quantitative estimate of drug-likeness (QED) is 0.797. The second kappa shape index (κ2) is 9.15. The average Bonchev–Trinajstić information content (AvgIpc) is 2.70. The number of hydrogen-bond donors (Lipinski definition) is 1. The van der Waals surface area contributed by atoms with Crippen LogP contribution in [0.3, 0.4) is 0 Å². The van der Waals surface area contributed by atoms with Gasteiger partial charge in [0.1, 0.15) is 5.82 Å². The molecular formula is C22H30N4O2. The molecule has 2 aromatic rings. The SMILES string of the molecule is CN(CCc1ccccn1)c1ncccc1CNC(=O)[C@@H]1CCOC(C)(C)C1. The number of ether oxygens (including phenoxy) is 1. The van der Waals surface area contributed by atoms with Crippen LogP contribution in [0, 0.1) is 5.92 Å². The maximum Gasteiger partial charge on any atom is 0.223 e. The predicted molar refractivity (Wildman–Crippen MR) is 110 cm³/mol. The van der Waals surface area contributed by atoms with Crippen molar-refractivity contribution in [2.24, 2.45) is 5.92 Å². The molecule has 0 bridgehead atoms. The third kappa shape index (κ3) is 5.52. The summed E-state index contributed by atoms with van der Waals surface area (Å²) in [4.78, 5) is 23.7. The predicted octanol–water partition coefficient (Wildman–Crippen LogP) is 2.98. The molecule has 1 fully saturated rings. The van der Waals surface area contributed by atoms with Gasteiger partial charge in [-0.3, -0.25) is 9.78 Å². The summed E-state index contributed by atoms with van der Waals surface area (Å²) in [6.45, 7) is 6.01. The van der Waals surface area contributed by atoms with Crippen LogP contribution in [0.5, 0.6) is 0 Å². The fourth-order valence-corrected chi connectivity index (χ4v) is 3.63. The second-order valence-electron chi connectivity index (χ2n) is 7.99. The molecule has 3 rings (SSSR count). The molecule has 0 unspecified atom stereocenters. The van der Waals surface area contributed by atoms with Crippen LogP contribution in [0.2, 0.25) is 0 Å². The second-order valence-corrected chi connectivity index (χ2v) is 7.99. The van der Waals surface area contributed by atoms with Gasteiger partial charge in [0.2, 0.25) is 5.91 Å². The summed E-state index contributed by atoms with van der Waals surface area (Å²) in [6.07, 6.45) is 5.98. The molecule has 28 heavy (non-hydrogen) atoms. The first-order valence-corrected chi connectivity index (χ1v) is 9.91. The number of aromatic nitrogens is 2. The number of nitrogens with one attached hydrogen (secondary N) is 1. The van der Waals surface area contributed by atoms with Crippen LogP contribution in [0.4, 0.5) is 5.82 Å². The van der Waals surface area contributed by atoms with Gasteiger partial charge in [0, 0.05) is 62.7 Å². The van der Waals surface area contributed by atoms with Gasteiger partial charge in [-0.2, -0.15) is 0 Å². The maximum absolute atomic E-state index is 12.6. The van der Waals surface area contributed by atoms with Crippen molar-refractivity contribution in [3.63, 3.8) is 0 Å². The summed E-state index contributed by atoms with van der Waals surface area (Å²) >= 11 is 0. The number of carbonyl (C=O) groups is 1. The summed E-state index contributed by atoms with van der Waals surface area (Å²) in [6, 6.07) is 9.89. The molecule has 2 aromatic heterocycles. The Morgan fingerprint density at radius 2 is 2.07 bits per heavy atom. The first-order chi connectivity index (χ1) is 13.4. The Balaban J connectivity index is 1.58. The summed E-state index contributed by atoms with van der Waals surface area (Å²) in [5, 5.41) is 3.10. The summed E-state index contributed by atoms with van der Waals surface area (Å²) in [5.74, 6) is 0.999. The fourth-order valence-electron chi connectivity index (χ4n) is 3.63. The summed E-state index contributed by atoms with van der Waals surface area (Å²) in [5.41, 5.74) is 1.85.